The molecule has 0 aliphatic carbocycles. The van der Waals surface area contributed by atoms with Crippen molar-refractivity contribution in [3.8, 4) is 34.0 Å². The molecule has 0 atom stereocenters. The number of rotatable bonds is 4. The van der Waals surface area contributed by atoms with E-state index >= 15 is 0 Å². The number of hydrogen-bond donors (Lipinski definition) is 0. The smallest absolute Gasteiger partial charge is 0.0302 e. The molecule has 0 saturated carbocycles. The van der Waals surface area contributed by atoms with E-state index in [1.807, 2.05) is 12.3 Å². The Morgan fingerprint density at radius 3 is 1.88 bits per heavy atom. The van der Waals surface area contributed by atoms with Gasteiger partial charge in [-0.2, -0.15) is 0 Å². The van der Waals surface area contributed by atoms with Gasteiger partial charge in [-0.25, -0.2) is 0 Å². The van der Waals surface area contributed by atoms with Crippen LogP contribution in [-0.4, -0.2) is 33.6 Å². The molecule has 0 bridgehead atoms. The fourth-order valence-electron chi connectivity index (χ4n) is 7.88. The third-order valence-corrected chi connectivity index (χ3v) is 12.6. The van der Waals surface area contributed by atoms with Crippen LogP contribution < -0.4 is 0 Å². The Labute approximate surface area is 299 Å². The molecular formula is C46H28N4Se. The van der Waals surface area contributed by atoms with Crippen LogP contribution in [0.5, 0.6) is 0 Å². The first-order chi connectivity index (χ1) is 25.3. The molecule has 238 valence electrons. The predicted octanol–water partition coefficient (Wildman–Crippen LogP) is 11.4. The molecule has 5 heteroatoms. The Morgan fingerprint density at radius 1 is 0.392 bits per heavy atom. The predicted molar refractivity (Wildman–Crippen MR) is 214 cm³/mol. The van der Waals surface area contributed by atoms with E-state index in [9.17, 15) is 0 Å². The summed E-state index contributed by atoms with van der Waals surface area (Å²) in [5, 5.41) is 7.49. The summed E-state index contributed by atoms with van der Waals surface area (Å²) in [6.07, 6.45) is 1.90. The first-order valence-electron chi connectivity index (χ1n) is 17.2. The molecule has 0 aliphatic rings. The molecule has 0 saturated heterocycles. The van der Waals surface area contributed by atoms with E-state index in [1.54, 1.807) is 0 Å². The monoisotopic (exact) mass is 716 g/mol. The third-order valence-electron chi connectivity index (χ3n) is 10.2. The fourth-order valence-corrected chi connectivity index (χ4v) is 10.2. The Morgan fingerprint density at radius 2 is 1.06 bits per heavy atom. The molecule has 51 heavy (non-hydrogen) atoms. The van der Waals surface area contributed by atoms with Crippen molar-refractivity contribution in [3.05, 3.63) is 170 Å². The molecule has 7 aromatic carbocycles. The van der Waals surface area contributed by atoms with Crippen LogP contribution in [0.25, 0.3) is 96.9 Å². The van der Waals surface area contributed by atoms with Gasteiger partial charge in [0.25, 0.3) is 0 Å². The second-order valence-electron chi connectivity index (χ2n) is 13.1. The summed E-state index contributed by atoms with van der Waals surface area (Å²) in [5.41, 5.74) is 10.0. The fraction of sp³-hybridized carbons (Fsp3) is 0. The van der Waals surface area contributed by atoms with E-state index in [0.29, 0.717) is 20.5 Å². The summed E-state index contributed by atoms with van der Waals surface area (Å²) >= 11 is 0.334. The van der Waals surface area contributed by atoms with Gasteiger partial charge in [-0.05, 0) is 29.3 Å². The van der Waals surface area contributed by atoms with Crippen molar-refractivity contribution in [3.63, 3.8) is 0 Å². The van der Waals surface area contributed by atoms with Crippen molar-refractivity contribution in [1.29, 1.82) is 0 Å². The van der Waals surface area contributed by atoms with Gasteiger partial charge in [0, 0.05) is 11.1 Å². The zero-order valence-corrected chi connectivity index (χ0v) is 29.1. The molecule has 0 N–H and O–H groups in total. The van der Waals surface area contributed by atoms with Gasteiger partial charge < -0.3 is 0 Å². The van der Waals surface area contributed by atoms with Gasteiger partial charge in [0.15, 0.2) is 0 Å². The van der Waals surface area contributed by atoms with Crippen molar-refractivity contribution < 1.29 is 0 Å². The third kappa shape index (κ3) is 4.39. The summed E-state index contributed by atoms with van der Waals surface area (Å²) in [7, 11) is 0. The van der Waals surface area contributed by atoms with Crippen LogP contribution in [0.3, 0.4) is 0 Å². The summed E-state index contributed by atoms with van der Waals surface area (Å²) in [4.78, 5) is 10.2. The van der Waals surface area contributed by atoms with Crippen LogP contribution in [0.4, 0.5) is 0 Å². The molecular weight excluding hydrogens is 687 g/mol. The zero-order valence-electron chi connectivity index (χ0n) is 27.4. The first kappa shape index (κ1) is 28.6. The Hall–Kier alpha value is -6.26. The molecule has 0 aliphatic heterocycles. The van der Waals surface area contributed by atoms with Crippen molar-refractivity contribution in [2.24, 2.45) is 0 Å². The molecule has 0 radical (unpaired) electrons. The summed E-state index contributed by atoms with van der Waals surface area (Å²) < 4.78 is 7.51. The molecule has 0 fully saturated rings. The van der Waals surface area contributed by atoms with Gasteiger partial charge in [0.1, 0.15) is 0 Å². The van der Waals surface area contributed by atoms with Gasteiger partial charge in [-0.1, -0.05) is 60.7 Å². The SMILES string of the molecule is c1ccc(-c2cccc(-n3c4ccccc4c4cc5c6ccccc6n(-c6nccc(-c7ccc8[se]c9ccccc9c8c7)n6)c5cc43)c2)cc1. The average Bonchev–Trinajstić information content (AvgIpc) is 3.84. The molecule has 4 aromatic heterocycles. The van der Waals surface area contributed by atoms with Crippen LogP contribution >= 0.6 is 0 Å². The normalized spacial score (nSPS) is 11.9. The van der Waals surface area contributed by atoms with Crippen molar-refractivity contribution in [1.82, 2.24) is 19.1 Å². The number of benzene rings is 7. The van der Waals surface area contributed by atoms with Crippen molar-refractivity contribution >= 4 is 77.4 Å². The largest absolute Gasteiger partial charge is 0.0617 e. The summed E-state index contributed by atoms with van der Waals surface area (Å²) in [5.74, 6) is 0.664. The number of nitrogens with zero attached hydrogens (tertiary/aromatic N) is 4. The van der Waals surface area contributed by atoms with Gasteiger partial charge in [-0.15, -0.1) is 0 Å². The van der Waals surface area contributed by atoms with E-state index in [-0.39, 0.29) is 0 Å². The zero-order chi connectivity index (χ0) is 33.5. The molecule has 0 amide bonds. The van der Waals surface area contributed by atoms with Crippen molar-refractivity contribution in [2.45, 2.75) is 0 Å². The minimum absolute atomic E-state index is 0.334. The van der Waals surface area contributed by atoms with E-state index < -0.39 is 0 Å². The van der Waals surface area contributed by atoms with Gasteiger partial charge in [0.2, 0.25) is 0 Å². The maximum atomic E-state index is 5.27. The van der Waals surface area contributed by atoms with E-state index in [0.717, 1.165) is 33.5 Å². The van der Waals surface area contributed by atoms with E-state index in [4.69, 9.17) is 9.97 Å². The second kappa shape index (κ2) is 11.1. The van der Waals surface area contributed by atoms with Gasteiger partial charge >= 0.3 is 194 Å². The molecule has 4 nitrogen and oxygen atoms in total. The average molecular weight is 716 g/mol. The molecule has 4 heterocycles. The maximum Gasteiger partial charge on any atom is -0.0302 e. The van der Waals surface area contributed by atoms with Crippen LogP contribution in [0, 0.1) is 0 Å². The Bertz CT molecular complexity index is 3150. The van der Waals surface area contributed by atoms with Crippen LogP contribution in [0.2, 0.25) is 0 Å². The molecule has 0 spiro atoms. The molecule has 0 unspecified atom stereocenters. The summed E-state index contributed by atoms with van der Waals surface area (Å²) in [6.45, 7) is 0. The summed E-state index contributed by atoms with van der Waals surface area (Å²) in [6, 6.07) is 59.1. The van der Waals surface area contributed by atoms with Crippen LogP contribution in [0.15, 0.2) is 170 Å². The quantitative estimate of drug-likeness (QED) is 0.170. The minimum Gasteiger partial charge on any atom is -0.0617 e. The Balaban J connectivity index is 1.15. The number of aromatic nitrogens is 4. The molecule has 11 rings (SSSR count). The number of hydrogen-bond acceptors (Lipinski definition) is 2. The van der Waals surface area contributed by atoms with Gasteiger partial charge in [0.05, 0.1) is 5.52 Å². The standard InChI is InChI=1S/C46H28N4Se/c1-2-11-29(12-3-1)30-13-10-14-32(25-30)49-40-18-7-4-15-33(40)36-27-37-34-16-5-8-19-41(34)50(43(37)28-42(36)49)46-47-24-23-39(48-46)31-21-22-45-38(26-31)35-17-6-9-20-44(35)51-45/h1-28H. The molecule has 11 aromatic rings. The van der Waals surface area contributed by atoms with Crippen molar-refractivity contribution in [2.75, 3.05) is 0 Å². The minimum atomic E-state index is 0.334. The second-order valence-corrected chi connectivity index (χ2v) is 15.3. The van der Waals surface area contributed by atoms with Gasteiger partial charge in [-0.3, -0.25) is 0 Å². The van der Waals surface area contributed by atoms with E-state index in [1.165, 1.54) is 57.5 Å². The number of fused-ring (bicyclic) bond motifs is 9. The first-order valence-corrected chi connectivity index (χ1v) is 18.9. The van der Waals surface area contributed by atoms with Crippen LogP contribution in [0.1, 0.15) is 0 Å². The van der Waals surface area contributed by atoms with Crippen LogP contribution in [-0.2, 0) is 0 Å². The topological polar surface area (TPSA) is 35.6 Å². The van der Waals surface area contributed by atoms with E-state index in [2.05, 4.69) is 167 Å². The Kier molecular flexibility index (Phi) is 6.23. The maximum absolute atomic E-state index is 5.27. The number of para-hydroxylation sites is 2.